The molecule has 1 aromatic rings. The van der Waals surface area contributed by atoms with E-state index in [4.69, 9.17) is 0 Å². The largest absolute Gasteiger partial charge is 0.506 e. The molecule has 1 heterocycles. The molecule has 0 spiro atoms. The molecule has 1 aliphatic heterocycles. The first kappa shape index (κ1) is 12.3. The third kappa shape index (κ3) is 2.42. The summed E-state index contributed by atoms with van der Waals surface area (Å²) < 4.78 is 1.08. The first-order valence-electron chi connectivity index (χ1n) is 4.65. The van der Waals surface area contributed by atoms with Gasteiger partial charge in [-0.25, -0.2) is 4.79 Å². The molecule has 0 fully saturated rings. The molecule has 0 aromatic heterocycles. The van der Waals surface area contributed by atoms with Crippen LogP contribution < -0.4 is 0 Å². The fourth-order valence-electron chi connectivity index (χ4n) is 1.35. The van der Waals surface area contributed by atoms with Crippen molar-refractivity contribution in [3.05, 3.63) is 32.2 Å². The molecule has 17 heavy (non-hydrogen) atoms. The lowest BCUT2D eigenvalue weighted by molar-refractivity contribution is -0.136. The van der Waals surface area contributed by atoms with Gasteiger partial charge in [0.1, 0.15) is 5.75 Å². The van der Waals surface area contributed by atoms with Gasteiger partial charge in [0.05, 0.1) is 20.2 Å². The summed E-state index contributed by atoms with van der Waals surface area (Å²) >= 11 is 6.44. The highest BCUT2D eigenvalue weighted by Crippen LogP contribution is 2.34. The highest BCUT2D eigenvalue weighted by Gasteiger charge is 2.21. The number of rotatable bonds is 1. The van der Waals surface area contributed by atoms with E-state index >= 15 is 0 Å². The van der Waals surface area contributed by atoms with Gasteiger partial charge < -0.3 is 9.94 Å². The maximum absolute atomic E-state index is 11.3. The standard InChI is InChI=1S/C11H7Br2NO3/c1-5-7(11(16)17-14-5)2-6-3-8(12)10(15)9(13)4-6/h2-4,15H,1H3. The molecular formula is C11H7Br2NO3. The Morgan fingerprint density at radius 2 is 1.94 bits per heavy atom. The lowest BCUT2D eigenvalue weighted by Gasteiger charge is -2.02. The van der Waals surface area contributed by atoms with E-state index in [1.54, 1.807) is 25.1 Å². The second-order valence-corrected chi connectivity index (χ2v) is 5.16. The Hall–Kier alpha value is -1.14. The number of nitrogens with zero attached hydrogens (tertiary/aromatic N) is 1. The number of aromatic hydroxyl groups is 1. The normalized spacial score (nSPS) is 17.2. The van der Waals surface area contributed by atoms with Gasteiger partial charge in [0.2, 0.25) is 0 Å². The van der Waals surface area contributed by atoms with Crippen molar-refractivity contribution in [3.8, 4) is 5.75 Å². The second-order valence-electron chi connectivity index (χ2n) is 3.45. The van der Waals surface area contributed by atoms with Crippen molar-refractivity contribution >= 4 is 49.6 Å². The van der Waals surface area contributed by atoms with E-state index in [1.165, 1.54) is 0 Å². The van der Waals surface area contributed by atoms with E-state index in [0.29, 0.717) is 20.2 Å². The van der Waals surface area contributed by atoms with Gasteiger partial charge in [-0.05, 0) is 62.6 Å². The molecule has 0 aliphatic carbocycles. The maximum Gasteiger partial charge on any atom is 0.367 e. The van der Waals surface area contributed by atoms with E-state index in [1.807, 2.05) is 0 Å². The summed E-state index contributed by atoms with van der Waals surface area (Å²) in [5, 5.41) is 13.1. The Balaban J connectivity index is 2.46. The molecular weight excluding hydrogens is 354 g/mol. The number of phenolic OH excluding ortho intramolecular Hbond substituents is 1. The van der Waals surface area contributed by atoms with Gasteiger partial charge in [0, 0.05) is 0 Å². The van der Waals surface area contributed by atoms with Crippen molar-refractivity contribution < 1.29 is 14.7 Å². The Labute approximate surface area is 114 Å². The SMILES string of the molecule is CC1=NOC(=O)C1=Cc1cc(Br)c(O)c(Br)c1. The van der Waals surface area contributed by atoms with Gasteiger partial charge >= 0.3 is 5.97 Å². The maximum atomic E-state index is 11.3. The van der Waals surface area contributed by atoms with Gasteiger partial charge in [-0.3, -0.25) is 0 Å². The molecule has 0 radical (unpaired) electrons. The number of benzene rings is 1. The minimum atomic E-state index is -0.470. The average Bonchev–Trinajstić information content (AvgIpc) is 2.57. The number of hydrogen-bond donors (Lipinski definition) is 1. The van der Waals surface area contributed by atoms with E-state index in [0.717, 1.165) is 5.56 Å². The van der Waals surface area contributed by atoms with Gasteiger partial charge in [0.25, 0.3) is 0 Å². The Bertz CT molecular complexity index is 541. The third-order valence-electron chi connectivity index (χ3n) is 2.23. The molecule has 1 aliphatic rings. The van der Waals surface area contributed by atoms with Crippen LogP contribution in [0.3, 0.4) is 0 Å². The van der Waals surface area contributed by atoms with E-state index < -0.39 is 5.97 Å². The molecule has 0 amide bonds. The van der Waals surface area contributed by atoms with Crippen molar-refractivity contribution in [2.75, 3.05) is 0 Å². The van der Waals surface area contributed by atoms with Crippen LogP contribution in [0.4, 0.5) is 0 Å². The van der Waals surface area contributed by atoms with Crippen LogP contribution in [0.5, 0.6) is 5.75 Å². The molecule has 0 saturated carbocycles. The fraction of sp³-hybridized carbons (Fsp3) is 0.0909. The van der Waals surface area contributed by atoms with E-state index in [2.05, 4.69) is 41.9 Å². The summed E-state index contributed by atoms with van der Waals surface area (Å²) in [4.78, 5) is 15.9. The fourth-order valence-corrected chi connectivity index (χ4v) is 2.58. The predicted molar refractivity (Wildman–Crippen MR) is 70.7 cm³/mol. The first-order valence-corrected chi connectivity index (χ1v) is 6.23. The van der Waals surface area contributed by atoms with Gasteiger partial charge in [-0.2, -0.15) is 0 Å². The summed E-state index contributed by atoms with van der Waals surface area (Å²) in [6.45, 7) is 1.70. The summed E-state index contributed by atoms with van der Waals surface area (Å²) in [7, 11) is 0. The van der Waals surface area contributed by atoms with Crippen molar-refractivity contribution in [1.82, 2.24) is 0 Å². The highest BCUT2D eigenvalue weighted by atomic mass is 79.9. The number of carbonyl (C=O) groups excluding carboxylic acids is 1. The summed E-state index contributed by atoms with van der Waals surface area (Å²) in [5.41, 5.74) is 1.70. The second kappa shape index (κ2) is 4.62. The zero-order valence-corrected chi connectivity index (χ0v) is 11.9. The minimum absolute atomic E-state index is 0.117. The van der Waals surface area contributed by atoms with Gasteiger partial charge in [0.15, 0.2) is 0 Å². The van der Waals surface area contributed by atoms with Crippen LogP contribution in [0, 0.1) is 0 Å². The number of hydrogen-bond acceptors (Lipinski definition) is 4. The molecule has 1 aromatic carbocycles. The smallest absolute Gasteiger partial charge is 0.367 e. The molecule has 1 N–H and O–H groups in total. The van der Waals surface area contributed by atoms with E-state index in [9.17, 15) is 9.90 Å². The molecule has 0 atom stereocenters. The molecule has 4 nitrogen and oxygen atoms in total. The van der Waals surface area contributed by atoms with Crippen LogP contribution in [0.2, 0.25) is 0 Å². The Morgan fingerprint density at radius 1 is 1.35 bits per heavy atom. The van der Waals surface area contributed by atoms with E-state index in [-0.39, 0.29) is 5.75 Å². The molecule has 0 unspecified atom stereocenters. The van der Waals surface area contributed by atoms with Crippen molar-refractivity contribution in [1.29, 1.82) is 0 Å². The zero-order valence-electron chi connectivity index (χ0n) is 8.70. The number of halogens is 2. The highest BCUT2D eigenvalue weighted by molar-refractivity contribution is 9.11. The van der Waals surface area contributed by atoms with Gasteiger partial charge in [-0.1, -0.05) is 5.16 Å². The van der Waals surface area contributed by atoms with Crippen LogP contribution in [-0.2, 0) is 9.63 Å². The lowest BCUT2D eigenvalue weighted by atomic mass is 10.1. The molecule has 0 bridgehead atoms. The predicted octanol–water partition coefficient (Wildman–Crippen LogP) is 3.23. The van der Waals surface area contributed by atoms with Crippen LogP contribution >= 0.6 is 31.9 Å². The molecule has 88 valence electrons. The molecule has 2 rings (SSSR count). The minimum Gasteiger partial charge on any atom is -0.506 e. The quantitative estimate of drug-likeness (QED) is 0.617. The molecule has 0 saturated heterocycles. The Kier molecular flexibility index (Phi) is 3.35. The number of phenols is 1. The Morgan fingerprint density at radius 3 is 2.41 bits per heavy atom. The third-order valence-corrected chi connectivity index (χ3v) is 3.43. The van der Waals surface area contributed by atoms with Gasteiger partial charge in [-0.15, -0.1) is 0 Å². The summed E-state index contributed by atoms with van der Waals surface area (Å²) in [6, 6.07) is 3.40. The van der Waals surface area contributed by atoms with Crippen LogP contribution in [0.25, 0.3) is 6.08 Å². The summed E-state index contributed by atoms with van der Waals surface area (Å²) in [5.74, 6) is -0.352. The number of carbonyl (C=O) groups is 1. The van der Waals surface area contributed by atoms with Crippen LogP contribution in [0.15, 0.2) is 31.8 Å². The van der Waals surface area contributed by atoms with Crippen LogP contribution in [-0.4, -0.2) is 16.8 Å². The average molecular weight is 361 g/mol. The van der Waals surface area contributed by atoms with Crippen molar-refractivity contribution in [3.63, 3.8) is 0 Å². The topological polar surface area (TPSA) is 58.9 Å². The molecule has 6 heteroatoms. The first-order chi connectivity index (χ1) is 7.99. The van der Waals surface area contributed by atoms with Crippen molar-refractivity contribution in [2.24, 2.45) is 5.16 Å². The lowest BCUT2D eigenvalue weighted by Crippen LogP contribution is -2.01. The van der Waals surface area contributed by atoms with Crippen molar-refractivity contribution in [2.45, 2.75) is 6.92 Å². The van der Waals surface area contributed by atoms with Crippen LogP contribution in [0.1, 0.15) is 12.5 Å². The zero-order chi connectivity index (χ0) is 12.6. The summed E-state index contributed by atoms with van der Waals surface area (Å²) in [6.07, 6.45) is 1.66. The number of oxime groups is 1. The monoisotopic (exact) mass is 359 g/mol.